The third-order valence-electron chi connectivity index (χ3n) is 3.63. The van der Waals surface area contributed by atoms with Gasteiger partial charge >= 0.3 is 5.97 Å². The van der Waals surface area contributed by atoms with E-state index in [1.165, 1.54) is 18.4 Å². The highest BCUT2D eigenvalue weighted by atomic mass is 16.5. The van der Waals surface area contributed by atoms with Crippen molar-refractivity contribution in [2.45, 2.75) is 38.2 Å². The van der Waals surface area contributed by atoms with E-state index in [-0.39, 0.29) is 12.1 Å². The number of rotatable bonds is 2. The minimum absolute atomic E-state index is 0.147. The molecule has 3 rings (SSSR count). The van der Waals surface area contributed by atoms with Gasteiger partial charge in [-0.1, -0.05) is 0 Å². The number of benzene rings is 1. The second-order valence-corrected chi connectivity index (χ2v) is 4.86. The number of hydrogen-bond acceptors (Lipinski definition) is 3. The first kappa shape index (κ1) is 10.6. The molecule has 1 aromatic rings. The molecule has 0 bridgehead atoms. The van der Waals surface area contributed by atoms with Gasteiger partial charge in [0, 0.05) is 12.2 Å². The van der Waals surface area contributed by atoms with E-state index in [9.17, 15) is 4.79 Å². The van der Waals surface area contributed by atoms with Gasteiger partial charge in [0.2, 0.25) is 0 Å². The van der Waals surface area contributed by atoms with Crippen molar-refractivity contribution in [1.82, 2.24) is 0 Å². The van der Waals surface area contributed by atoms with Crippen LogP contribution in [-0.2, 0) is 11.2 Å². The summed E-state index contributed by atoms with van der Waals surface area (Å²) >= 11 is 0. The van der Waals surface area contributed by atoms with Gasteiger partial charge in [0.05, 0.1) is 5.56 Å². The summed E-state index contributed by atoms with van der Waals surface area (Å²) in [6, 6.07) is 5.80. The summed E-state index contributed by atoms with van der Waals surface area (Å²) in [7, 11) is 0. The lowest BCUT2D eigenvalue weighted by atomic mass is 10.1. The molecule has 1 aliphatic carbocycles. The second-order valence-electron chi connectivity index (χ2n) is 4.86. The van der Waals surface area contributed by atoms with Gasteiger partial charge in [-0.25, -0.2) is 4.79 Å². The van der Waals surface area contributed by atoms with Crippen molar-refractivity contribution in [3.63, 3.8) is 0 Å². The molecule has 1 aliphatic heterocycles. The summed E-state index contributed by atoms with van der Waals surface area (Å²) in [6.45, 7) is 0.969. The number of ether oxygens (including phenoxy) is 1. The Morgan fingerprint density at radius 3 is 2.94 bits per heavy atom. The second kappa shape index (κ2) is 4.40. The molecule has 0 amide bonds. The molecule has 3 nitrogen and oxygen atoms in total. The van der Waals surface area contributed by atoms with Crippen molar-refractivity contribution in [3.8, 4) is 0 Å². The SMILES string of the molecule is O=C(OC1CCCC1)c1ccc2c(c1)CCN2. The third-order valence-corrected chi connectivity index (χ3v) is 3.63. The van der Waals surface area contributed by atoms with Crippen LogP contribution in [0.3, 0.4) is 0 Å². The maximum atomic E-state index is 12.0. The maximum Gasteiger partial charge on any atom is 0.338 e. The number of anilines is 1. The molecular formula is C14H17NO2. The Balaban J connectivity index is 1.72. The van der Waals surface area contributed by atoms with Crippen LogP contribution in [0.25, 0.3) is 0 Å². The monoisotopic (exact) mass is 231 g/mol. The van der Waals surface area contributed by atoms with Gasteiger partial charge in [0.1, 0.15) is 6.10 Å². The summed E-state index contributed by atoms with van der Waals surface area (Å²) in [5.41, 5.74) is 3.08. The highest BCUT2D eigenvalue weighted by Crippen LogP contribution is 2.25. The van der Waals surface area contributed by atoms with Gasteiger partial charge in [-0.05, 0) is 55.9 Å². The Morgan fingerprint density at radius 1 is 1.29 bits per heavy atom. The zero-order chi connectivity index (χ0) is 11.7. The molecule has 1 N–H and O–H groups in total. The Bertz CT molecular complexity index is 436. The minimum Gasteiger partial charge on any atom is -0.459 e. The van der Waals surface area contributed by atoms with Crippen LogP contribution in [0.2, 0.25) is 0 Å². The predicted octanol–water partition coefficient (Wildman–Crippen LogP) is 2.75. The van der Waals surface area contributed by atoms with Gasteiger partial charge in [0.25, 0.3) is 0 Å². The van der Waals surface area contributed by atoms with Gasteiger partial charge in [-0.2, -0.15) is 0 Å². The van der Waals surface area contributed by atoms with Crippen LogP contribution in [0.1, 0.15) is 41.6 Å². The molecule has 1 heterocycles. The topological polar surface area (TPSA) is 38.3 Å². The molecule has 0 saturated heterocycles. The standard InChI is InChI=1S/C14H17NO2/c16-14(17-12-3-1-2-4-12)11-5-6-13-10(9-11)7-8-15-13/h5-6,9,12,15H,1-4,7-8H2. The molecule has 0 aromatic heterocycles. The highest BCUT2D eigenvalue weighted by molar-refractivity contribution is 5.90. The lowest BCUT2D eigenvalue weighted by Crippen LogP contribution is -2.14. The molecule has 0 unspecified atom stereocenters. The van der Waals surface area contributed by atoms with Crippen LogP contribution in [0.4, 0.5) is 5.69 Å². The maximum absolute atomic E-state index is 12.0. The van der Waals surface area contributed by atoms with Crippen LogP contribution in [0.5, 0.6) is 0 Å². The predicted molar refractivity (Wildman–Crippen MR) is 66.3 cm³/mol. The van der Waals surface area contributed by atoms with Gasteiger partial charge in [0.15, 0.2) is 0 Å². The zero-order valence-electron chi connectivity index (χ0n) is 9.87. The molecular weight excluding hydrogens is 214 g/mol. The summed E-state index contributed by atoms with van der Waals surface area (Å²) in [6.07, 6.45) is 5.57. The highest BCUT2D eigenvalue weighted by Gasteiger charge is 2.21. The lowest BCUT2D eigenvalue weighted by Gasteiger charge is -2.11. The Hall–Kier alpha value is -1.51. The van der Waals surface area contributed by atoms with E-state index in [1.54, 1.807) is 0 Å². The van der Waals surface area contributed by atoms with Crippen LogP contribution in [0, 0.1) is 0 Å². The van der Waals surface area contributed by atoms with Gasteiger partial charge in [-0.3, -0.25) is 0 Å². The van der Waals surface area contributed by atoms with Crippen LogP contribution in [-0.4, -0.2) is 18.6 Å². The molecule has 3 heteroatoms. The van der Waals surface area contributed by atoms with E-state index in [4.69, 9.17) is 4.74 Å². The van der Waals surface area contributed by atoms with Crippen LogP contribution >= 0.6 is 0 Å². The first-order valence-corrected chi connectivity index (χ1v) is 6.41. The number of carbonyl (C=O) groups is 1. The Labute approximate surface area is 101 Å². The smallest absolute Gasteiger partial charge is 0.338 e. The van der Waals surface area contributed by atoms with Crippen LogP contribution in [0.15, 0.2) is 18.2 Å². The fourth-order valence-corrected chi connectivity index (χ4v) is 2.66. The summed E-state index contributed by atoms with van der Waals surface area (Å²) in [5, 5.41) is 3.29. The van der Waals surface area contributed by atoms with E-state index in [1.807, 2.05) is 18.2 Å². The van der Waals surface area contributed by atoms with E-state index in [2.05, 4.69) is 5.32 Å². The number of hydrogen-bond donors (Lipinski definition) is 1. The van der Waals surface area contributed by atoms with E-state index >= 15 is 0 Å². The van der Waals surface area contributed by atoms with E-state index in [0.29, 0.717) is 5.56 Å². The molecule has 2 aliphatic rings. The van der Waals surface area contributed by atoms with Crippen LogP contribution < -0.4 is 5.32 Å². The zero-order valence-corrected chi connectivity index (χ0v) is 9.87. The number of nitrogens with one attached hydrogen (secondary N) is 1. The Morgan fingerprint density at radius 2 is 2.12 bits per heavy atom. The molecule has 1 saturated carbocycles. The van der Waals surface area contributed by atoms with Gasteiger partial charge < -0.3 is 10.1 Å². The molecule has 17 heavy (non-hydrogen) atoms. The summed E-state index contributed by atoms with van der Waals surface area (Å²) in [4.78, 5) is 12.0. The molecule has 1 fully saturated rings. The largest absolute Gasteiger partial charge is 0.459 e. The molecule has 0 atom stereocenters. The number of esters is 1. The van der Waals surface area contributed by atoms with Gasteiger partial charge in [-0.15, -0.1) is 0 Å². The minimum atomic E-state index is -0.161. The van der Waals surface area contributed by atoms with Crippen molar-refractivity contribution in [2.24, 2.45) is 0 Å². The van der Waals surface area contributed by atoms with Crippen molar-refractivity contribution >= 4 is 11.7 Å². The van der Waals surface area contributed by atoms with Crippen molar-refractivity contribution in [3.05, 3.63) is 29.3 Å². The average Bonchev–Trinajstić information content (AvgIpc) is 2.97. The molecule has 0 spiro atoms. The summed E-state index contributed by atoms with van der Waals surface area (Å²) in [5.74, 6) is -0.161. The summed E-state index contributed by atoms with van der Waals surface area (Å²) < 4.78 is 5.50. The first-order valence-electron chi connectivity index (χ1n) is 6.41. The lowest BCUT2D eigenvalue weighted by molar-refractivity contribution is 0.0318. The quantitative estimate of drug-likeness (QED) is 0.795. The number of fused-ring (bicyclic) bond motifs is 1. The number of carbonyl (C=O) groups excluding carboxylic acids is 1. The first-order chi connectivity index (χ1) is 8.33. The van der Waals surface area contributed by atoms with Crippen molar-refractivity contribution in [1.29, 1.82) is 0 Å². The fourth-order valence-electron chi connectivity index (χ4n) is 2.66. The average molecular weight is 231 g/mol. The Kier molecular flexibility index (Phi) is 2.75. The van der Waals surface area contributed by atoms with Crippen molar-refractivity contribution in [2.75, 3.05) is 11.9 Å². The molecule has 90 valence electrons. The van der Waals surface area contributed by atoms with E-state index in [0.717, 1.165) is 31.5 Å². The van der Waals surface area contributed by atoms with Crippen molar-refractivity contribution < 1.29 is 9.53 Å². The van der Waals surface area contributed by atoms with E-state index < -0.39 is 0 Å². The fraction of sp³-hybridized carbons (Fsp3) is 0.500. The molecule has 1 aromatic carbocycles. The third kappa shape index (κ3) is 2.14. The molecule has 0 radical (unpaired) electrons. The normalized spacial score (nSPS) is 18.8.